The first-order chi connectivity index (χ1) is 8.29. The molecular weight excluding hydrogens is 216 g/mol. The molecule has 0 spiro atoms. The molecule has 1 N–H and O–H groups in total. The van der Waals surface area contributed by atoms with Crippen LogP contribution in [0.15, 0.2) is 24.4 Å². The highest BCUT2D eigenvalue weighted by atomic mass is 16.5. The summed E-state index contributed by atoms with van der Waals surface area (Å²) in [6, 6.07) is 5.82. The van der Waals surface area contributed by atoms with Gasteiger partial charge in [-0.15, -0.1) is 0 Å². The number of H-pyrrole nitrogens is 1. The van der Waals surface area contributed by atoms with Crippen molar-refractivity contribution in [1.82, 2.24) is 10.2 Å². The lowest BCUT2D eigenvalue weighted by molar-refractivity contribution is -0.142. The lowest BCUT2D eigenvalue weighted by atomic mass is 10.1. The molecule has 0 fully saturated rings. The second kappa shape index (κ2) is 5.48. The maximum absolute atomic E-state index is 11.5. The molecule has 0 radical (unpaired) electrons. The van der Waals surface area contributed by atoms with Gasteiger partial charge in [-0.05, 0) is 18.1 Å². The van der Waals surface area contributed by atoms with Gasteiger partial charge in [-0.3, -0.25) is 9.89 Å². The summed E-state index contributed by atoms with van der Waals surface area (Å²) < 4.78 is 5.12. The molecule has 0 bridgehead atoms. The highest BCUT2D eigenvalue weighted by molar-refractivity contribution is 5.80. The summed E-state index contributed by atoms with van der Waals surface area (Å²) >= 11 is 0. The van der Waals surface area contributed by atoms with Crippen LogP contribution in [-0.2, 0) is 16.0 Å². The van der Waals surface area contributed by atoms with Gasteiger partial charge in [-0.25, -0.2) is 0 Å². The molecule has 0 saturated heterocycles. The molecule has 0 aliphatic heterocycles. The van der Waals surface area contributed by atoms with Crippen LogP contribution in [0, 0.1) is 0 Å². The molecule has 4 nitrogen and oxygen atoms in total. The van der Waals surface area contributed by atoms with Gasteiger partial charge in [0.15, 0.2) is 0 Å². The molecule has 17 heavy (non-hydrogen) atoms. The van der Waals surface area contributed by atoms with E-state index in [1.807, 2.05) is 18.2 Å². The first-order valence-electron chi connectivity index (χ1n) is 5.87. The molecule has 0 amide bonds. The number of hydrogen-bond acceptors (Lipinski definition) is 3. The van der Waals surface area contributed by atoms with Crippen LogP contribution in [0.3, 0.4) is 0 Å². The smallest absolute Gasteiger partial charge is 0.310 e. The van der Waals surface area contributed by atoms with Crippen molar-refractivity contribution in [2.45, 2.75) is 26.2 Å². The summed E-state index contributed by atoms with van der Waals surface area (Å²) in [6.45, 7) is 2.58. The third-order valence-electron chi connectivity index (χ3n) is 2.62. The van der Waals surface area contributed by atoms with E-state index < -0.39 is 0 Å². The average Bonchev–Trinajstić information content (AvgIpc) is 2.76. The van der Waals surface area contributed by atoms with E-state index in [1.165, 1.54) is 0 Å². The highest BCUT2D eigenvalue weighted by Crippen LogP contribution is 2.13. The number of nitrogens with zero attached hydrogens (tertiary/aromatic N) is 1. The molecular formula is C13H16N2O2. The Bertz CT molecular complexity index is 505. The zero-order chi connectivity index (χ0) is 12.1. The van der Waals surface area contributed by atoms with Crippen LogP contribution in [0.5, 0.6) is 0 Å². The first-order valence-corrected chi connectivity index (χ1v) is 5.87. The normalized spacial score (nSPS) is 10.6. The van der Waals surface area contributed by atoms with Crippen molar-refractivity contribution in [3.8, 4) is 0 Å². The zero-order valence-electron chi connectivity index (χ0n) is 9.90. The minimum Gasteiger partial charge on any atom is -0.465 e. The van der Waals surface area contributed by atoms with Crippen molar-refractivity contribution >= 4 is 16.9 Å². The fourth-order valence-electron chi connectivity index (χ4n) is 1.64. The third-order valence-corrected chi connectivity index (χ3v) is 2.62. The van der Waals surface area contributed by atoms with Crippen molar-refractivity contribution in [2.75, 3.05) is 6.61 Å². The Morgan fingerprint density at radius 1 is 1.47 bits per heavy atom. The Morgan fingerprint density at radius 3 is 3.18 bits per heavy atom. The van der Waals surface area contributed by atoms with Crippen LogP contribution >= 0.6 is 0 Å². The highest BCUT2D eigenvalue weighted by Gasteiger charge is 2.05. The fourth-order valence-corrected chi connectivity index (χ4v) is 1.64. The summed E-state index contributed by atoms with van der Waals surface area (Å²) in [6.07, 6.45) is 4.04. The van der Waals surface area contributed by atoms with Gasteiger partial charge in [0.05, 0.1) is 24.7 Å². The number of ether oxygens (including phenoxy) is 1. The number of hydrogen-bond donors (Lipinski definition) is 1. The van der Waals surface area contributed by atoms with Gasteiger partial charge in [0.2, 0.25) is 0 Å². The maximum Gasteiger partial charge on any atom is 0.310 e. The Labute approximate surface area is 100.0 Å². The summed E-state index contributed by atoms with van der Waals surface area (Å²) in [7, 11) is 0. The Kier molecular flexibility index (Phi) is 3.75. The van der Waals surface area contributed by atoms with Crippen molar-refractivity contribution in [3.05, 3.63) is 30.0 Å². The van der Waals surface area contributed by atoms with E-state index in [9.17, 15) is 4.79 Å². The number of benzene rings is 1. The molecule has 2 aromatic rings. The number of fused-ring (bicyclic) bond motifs is 1. The summed E-state index contributed by atoms with van der Waals surface area (Å²) in [4.78, 5) is 11.5. The predicted molar refractivity (Wildman–Crippen MR) is 65.7 cm³/mol. The lowest BCUT2D eigenvalue weighted by Gasteiger charge is -2.03. The molecule has 0 aliphatic carbocycles. The molecule has 4 heteroatoms. The van der Waals surface area contributed by atoms with E-state index >= 15 is 0 Å². The minimum atomic E-state index is -0.169. The Balaban J connectivity index is 1.95. The summed E-state index contributed by atoms with van der Waals surface area (Å²) in [5, 5.41) is 7.87. The number of carbonyl (C=O) groups is 1. The molecule has 2 rings (SSSR count). The van der Waals surface area contributed by atoms with Gasteiger partial charge in [0.25, 0.3) is 0 Å². The molecule has 1 aromatic carbocycles. The molecule has 90 valence electrons. The predicted octanol–water partition coefficient (Wildman–Crippen LogP) is 2.45. The van der Waals surface area contributed by atoms with E-state index in [0.29, 0.717) is 13.0 Å². The second-order valence-corrected chi connectivity index (χ2v) is 4.04. The SMILES string of the molecule is CCCCOC(=O)Cc1ccc2cn[nH]c2c1. The maximum atomic E-state index is 11.5. The molecule has 0 aliphatic rings. The van der Waals surface area contributed by atoms with E-state index in [2.05, 4.69) is 17.1 Å². The van der Waals surface area contributed by atoms with Crippen LogP contribution in [0.1, 0.15) is 25.3 Å². The number of aromatic amines is 1. The van der Waals surface area contributed by atoms with Crippen LogP contribution in [0.2, 0.25) is 0 Å². The van der Waals surface area contributed by atoms with Crippen molar-refractivity contribution in [1.29, 1.82) is 0 Å². The topological polar surface area (TPSA) is 55.0 Å². The Morgan fingerprint density at radius 2 is 2.35 bits per heavy atom. The number of esters is 1. The van der Waals surface area contributed by atoms with Crippen molar-refractivity contribution in [3.63, 3.8) is 0 Å². The zero-order valence-corrected chi connectivity index (χ0v) is 9.90. The quantitative estimate of drug-likeness (QED) is 0.636. The number of aromatic nitrogens is 2. The lowest BCUT2D eigenvalue weighted by Crippen LogP contribution is -2.08. The van der Waals surface area contributed by atoms with Crippen molar-refractivity contribution in [2.24, 2.45) is 0 Å². The monoisotopic (exact) mass is 232 g/mol. The van der Waals surface area contributed by atoms with Gasteiger partial charge in [-0.1, -0.05) is 25.5 Å². The van der Waals surface area contributed by atoms with Crippen molar-refractivity contribution < 1.29 is 9.53 Å². The van der Waals surface area contributed by atoms with Gasteiger partial charge in [0.1, 0.15) is 0 Å². The third kappa shape index (κ3) is 3.06. The molecule has 1 aromatic heterocycles. The Hall–Kier alpha value is -1.84. The number of carbonyl (C=O) groups excluding carboxylic acids is 1. The minimum absolute atomic E-state index is 0.169. The standard InChI is InChI=1S/C13H16N2O2/c1-2-3-6-17-13(16)8-10-4-5-11-9-14-15-12(11)7-10/h4-5,7,9H,2-3,6,8H2,1H3,(H,14,15). The first kappa shape index (κ1) is 11.6. The van der Waals surface area contributed by atoms with Crippen LogP contribution < -0.4 is 0 Å². The van der Waals surface area contributed by atoms with Crippen LogP contribution in [-0.4, -0.2) is 22.8 Å². The van der Waals surface area contributed by atoms with E-state index in [4.69, 9.17) is 4.74 Å². The van der Waals surface area contributed by atoms with Gasteiger partial charge >= 0.3 is 5.97 Å². The number of rotatable bonds is 5. The van der Waals surface area contributed by atoms with Gasteiger partial charge < -0.3 is 4.74 Å². The van der Waals surface area contributed by atoms with E-state index in [0.717, 1.165) is 29.3 Å². The average molecular weight is 232 g/mol. The molecule has 0 saturated carbocycles. The summed E-state index contributed by atoms with van der Waals surface area (Å²) in [5.74, 6) is -0.169. The largest absolute Gasteiger partial charge is 0.465 e. The van der Waals surface area contributed by atoms with E-state index in [1.54, 1.807) is 6.20 Å². The van der Waals surface area contributed by atoms with E-state index in [-0.39, 0.29) is 5.97 Å². The molecule has 1 heterocycles. The van der Waals surface area contributed by atoms with Gasteiger partial charge in [-0.2, -0.15) is 5.10 Å². The summed E-state index contributed by atoms with van der Waals surface area (Å²) in [5.41, 5.74) is 1.90. The fraction of sp³-hybridized carbons (Fsp3) is 0.385. The van der Waals surface area contributed by atoms with Gasteiger partial charge in [0, 0.05) is 5.39 Å². The number of nitrogens with one attached hydrogen (secondary N) is 1. The van der Waals surface area contributed by atoms with Crippen LogP contribution in [0.25, 0.3) is 10.9 Å². The molecule has 0 unspecified atom stereocenters. The second-order valence-electron chi connectivity index (χ2n) is 4.04. The van der Waals surface area contributed by atoms with Crippen LogP contribution in [0.4, 0.5) is 0 Å². The number of unbranched alkanes of at least 4 members (excludes halogenated alkanes) is 1. The molecule has 0 atom stereocenters.